The Morgan fingerprint density at radius 2 is 1.80 bits per heavy atom. The van der Waals surface area contributed by atoms with Crippen LogP contribution in [-0.2, 0) is 10.0 Å². The molecule has 0 spiro atoms. The van der Waals surface area contributed by atoms with E-state index in [-0.39, 0.29) is 22.3 Å². The van der Waals surface area contributed by atoms with Crippen LogP contribution in [0, 0.1) is 0 Å². The summed E-state index contributed by atoms with van der Waals surface area (Å²) < 4.78 is 26.4. The maximum atomic E-state index is 12.4. The minimum atomic E-state index is -3.47. The highest BCUT2D eigenvalue weighted by atomic mass is 35.5. The van der Waals surface area contributed by atoms with Gasteiger partial charge in [0.05, 0.1) is 14.9 Å². The fourth-order valence-electron chi connectivity index (χ4n) is 2.17. The van der Waals surface area contributed by atoms with Gasteiger partial charge in [0.25, 0.3) is 0 Å². The average Bonchev–Trinajstić information content (AvgIpc) is 2.41. The lowest BCUT2D eigenvalue weighted by Crippen LogP contribution is -2.43. The number of rotatable bonds is 3. The standard InChI is InChI=1S/C12H16Cl2N2O2S.ClH/c1-15-9-4-6-16(7-5-9)19(17,18)10-2-3-11(13)12(14)8-10;/h2-3,8-9,15H,4-7H2,1H3;1H. The number of benzene rings is 1. The summed E-state index contributed by atoms with van der Waals surface area (Å²) in [6.07, 6.45) is 1.63. The molecular formula is C12H17Cl3N2O2S. The van der Waals surface area contributed by atoms with E-state index in [1.54, 1.807) is 0 Å². The predicted molar refractivity (Wildman–Crippen MR) is 84.6 cm³/mol. The molecule has 114 valence electrons. The second-order valence-corrected chi connectivity index (χ2v) is 7.30. The first-order chi connectivity index (χ1) is 8.95. The molecule has 0 amide bonds. The molecule has 1 aromatic carbocycles. The van der Waals surface area contributed by atoms with Gasteiger partial charge in [-0.2, -0.15) is 4.31 Å². The highest BCUT2D eigenvalue weighted by Gasteiger charge is 2.29. The molecule has 1 aliphatic heterocycles. The zero-order valence-corrected chi connectivity index (χ0v) is 14.1. The molecule has 0 atom stereocenters. The third-order valence-corrected chi connectivity index (χ3v) is 6.02. The van der Waals surface area contributed by atoms with Crippen molar-refractivity contribution in [1.29, 1.82) is 0 Å². The van der Waals surface area contributed by atoms with Gasteiger partial charge < -0.3 is 5.32 Å². The van der Waals surface area contributed by atoms with Gasteiger partial charge in [0.1, 0.15) is 0 Å². The van der Waals surface area contributed by atoms with E-state index in [1.165, 1.54) is 22.5 Å². The van der Waals surface area contributed by atoms with Gasteiger partial charge in [-0.05, 0) is 38.1 Å². The third-order valence-electron chi connectivity index (χ3n) is 3.39. The number of nitrogens with one attached hydrogen (secondary N) is 1. The van der Waals surface area contributed by atoms with Crippen molar-refractivity contribution in [3.63, 3.8) is 0 Å². The number of nitrogens with zero attached hydrogens (tertiary/aromatic N) is 1. The van der Waals surface area contributed by atoms with E-state index in [0.29, 0.717) is 24.2 Å². The van der Waals surface area contributed by atoms with Crippen LogP contribution < -0.4 is 5.32 Å². The summed E-state index contributed by atoms with van der Waals surface area (Å²) in [4.78, 5) is 0.199. The molecular weight excluding hydrogens is 343 g/mol. The number of hydrogen-bond donors (Lipinski definition) is 1. The zero-order chi connectivity index (χ0) is 14.0. The predicted octanol–water partition coefficient (Wildman–Crippen LogP) is 2.79. The van der Waals surface area contributed by atoms with E-state index >= 15 is 0 Å². The summed E-state index contributed by atoms with van der Waals surface area (Å²) in [5.41, 5.74) is 0. The van der Waals surface area contributed by atoms with Crippen LogP contribution in [0.5, 0.6) is 0 Å². The van der Waals surface area contributed by atoms with Crippen molar-refractivity contribution in [2.45, 2.75) is 23.8 Å². The lowest BCUT2D eigenvalue weighted by molar-refractivity contribution is 0.298. The van der Waals surface area contributed by atoms with E-state index in [0.717, 1.165) is 12.8 Å². The normalized spacial score (nSPS) is 17.8. The van der Waals surface area contributed by atoms with Gasteiger partial charge >= 0.3 is 0 Å². The zero-order valence-electron chi connectivity index (χ0n) is 11.0. The van der Waals surface area contributed by atoms with Crippen molar-refractivity contribution in [1.82, 2.24) is 9.62 Å². The van der Waals surface area contributed by atoms with Crippen molar-refractivity contribution in [2.75, 3.05) is 20.1 Å². The maximum Gasteiger partial charge on any atom is 0.243 e. The smallest absolute Gasteiger partial charge is 0.243 e. The fraction of sp³-hybridized carbons (Fsp3) is 0.500. The van der Waals surface area contributed by atoms with Gasteiger partial charge in [0.15, 0.2) is 0 Å². The van der Waals surface area contributed by atoms with E-state index in [1.807, 2.05) is 7.05 Å². The summed E-state index contributed by atoms with van der Waals surface area (Å²) in [6, 6.07) is 4.80. The van der Waals surface area contributed by atoms with Crippen LogP contribution in [0.2, 0.25) is 10.0 Å². The van der Waals surface area contributed by atoms with Crippen LogP contribution in [0.25, 0.3) is 0 Å². The quantitative estimate of drug-likeness (QED) is 0.903. The molecule has 0 aliphatic carbocycles. The first kappa shape index (κ1) is 18.0. The molecule has 4 nitrogen and oxygen atoms in total. The monoisotopic (exact) mass is 358 g/mol. The lowest BCUT2D eigenvalue weighted by Gasteiger charge is -2.31. The Hall–Kier alpha value is -0.0400. The minimum Gasteiger partial charge on any atom is -0.317 e. The molecule has 1 saturated heterocycles. The Labute approximate surface area is 135 Å². The van der Waals surface area contributed by atoms with Crippen LogP contribution in [0.1, 0.15) is 12.8 Å². The van der Waals surface area contributed by atoms with Crippen LogP contribution >= 0.6 is 35.6 Å². The van der Waals surface area contributed by atoms with E-state index < -0.39 is 10.0 Å². The van der Waals surface area contributed by atoms with Gasteiger partial charge in [-0.3, -0.25) is 0 Å². The van der Waals surface area contributed by atoms with Gasteiger partial charge in [0, 0.05) is 19.1 Å². The van der Waals surface area contributed by atoms with E-state index in [9.17, 15) is 8.42 Å². The molecule has 1 aromatic rings. The summed E-state index contributed by atoms with van der Waals surface area (Å²) >= 11 is 11.7. The van der Waals surface area contributed by atoms with Gasteiger partial charge in [0.2, 0.25) is 10.0 Å². The highest BCUT2D eigenvalue weighted by Crippen LogP contribution is 2.27. The van der Waals surface area contributed by atoms with Crippen LogP contribution in [-0.4, -0.2) is 38.9 Å². The van der Waals surface area contributed by atoms with E-state index in [4.69, 9.17) is 23.2 Å². The second kappa shape index (κ2) is 7.29. The Kier molecular flexibility index (Phi) is 6.57. The molecule has 0 bridgehead atoms. The first-order valence-electron chi connectivity index (χ1n) is 6.07. The average molecular weight is 360 g/mol. The highest BCUT2D eigenvalue weighted by molar-refractivity contribution is 7.89. The number of hydrogen-bond acceptors (Lipinski definition) is 3. The molecule has 1 N–H and O–H groups in total. The number of sulfonamides is 1. The van der Waals surface area contributed by atoms with E-state index in [2.05, 4.69) is 5.32 Å². The van der Waals surface area contributed by atoms with Crippen molar-refractivity contribution < 1.29 is 8.42 Å². The largest absolute Gasteiger partial charge is 0.317 e. The van der Waals surface area contributed by atoms with Crippen molar-refractivity contribution in [2.24, 2.45) is 0 Å². The Morgan fingerprint density at radius 1 is 1.20 bits per heavy atom. The van der Waals surface area contributed by atoms with Crippen molar-refractivity contribution in [3.8, 4) is 0 Å². The molecule has 0 saturated carbocycles. The fourth-order valence-corrected chi connectivity index (χ4v) is 4.03. The molecule has 1 fully saturated rings. The van der Waals surface area contributed by atoms with Crippen LogP contribution in [0.15, 0.2) is 23.1 Å². The number of halogens is 3. The first-order valence-corrected chi connectivity index (χ1v) is 8.27. The maximum absolute atomic E-state index is 12.4. The molecule has 1 aliphatic rings. The molecule has 8 heteroatoms. The molecule has 0 radical (unpaired) electrons. The summed E-state index contributed by atoms with van der Waals surface area (Å²) in [5, 5.41) is 3.79. The SMILES string of the molecule is CNC1CCN(S(=O)(=O)c2ccc(Cl)c(Cl)c2)CC1.Cl. The third kappa shape index (κ3) is 3.78. The lowest BCUT2D eigenvalue weighted by atomic mass is 10.1. The second-order valence-electron chi connectivity index (χ2n) is 4.54. The Balaban J connectivity index is 0.00000200. The number of piperidine rings is 1. The van der Waals surface area contributed by atoms with Crippen LogP contribution in [0.4, 0.5) is 0 Å². The molecule has 20 heavy (non-hydrogen) atoms. The molecule has 0 unspecified atom stereocenters. The van der Waals surface area contributed by atoms with Crippen molar-refractivity contribution in [3.05, 3.63) is 28.2 Å². The molecule has 0 aromatic heterocycles. The van der Waals surface area contributed by atoms with Gasteiger partial charge in [-0.1, -0.05) is 23.2 Å². The summed E-state index contributed by atoms with van der Waals surface area (Å²) in [7, 11) is -1.57. The van der Waals surface area contributed by atoms with Gasteiger partial charge in [-0.15, -0.1) is 12.4 Å². The Morgan fingerprint density at radius 3 is 2.30 bits per heavy atom. The topological polar surface area (TPSA) is 49.4 Å². The molecule has 2 rings (SSSR count). The summed E-state index contributed by atoms with van der Waals surface area (Å²) in [5.74, 6) is 0. The van der Waals surface area contributed by atoms with Crippen LogP contribution in [0.3, 0.4) is 0 Å². The Bertz CT molecular complexity index is 558. The molecule has 1 heterocycles. The summed E-state index contributed by atoms with van der Waals surface area (Å²) in [6.45, 7) is 1.04. The van der Waals surface area contributed by atoms with Gasteiger partial charge in [-0.25, -0.2) is 8.42 Å². The van der Waals surface area contributed by atoms with Crippen molar-refractivity contribution >= 4 is 45.6 Å². The minimum absolute atomic E-state index is 0.